The third kappa shape index (κ3) is 6.90. The fourth-order valence-corrected chi connectivity index (χ4v) is 4.84. The zero-order valence-electron chi connectivity index (χ0n) is 22.3. The van der Waals surface area contributed by atoms with Crippen LogP contribution in [0.3, 0.4) is 0 Å². The second-order valence-corrected chi connectivity index (χ2v) is 10.4. The number of aryl methyl sites for hydroxylation is 1. The van der Waals surface area contributed by atoms with Gasteiger partial charge in [-0.1, -0.05) is 35.3 Å². The molecule has 0 spiro atoms. The Labute approximate surface area is 254 Å². The second-order valence-electron chi connectivity index (χ2n) is 8.82. The number of carbonyl (C=O) groups is 3. The number of halogens is 3. The van der Waals surface area contributed by atoms with Crippen molar-refractivity contribution in [2.45, 2.75) is 13.5 Å². The van der Waals surface area contributed by atoms with Crippen molar-refractivity contribution in [2.75, 3.05) is 25.6 Å². The summed E-state index contributed by atoms with van der Waals surface area (Å²) in [7, 11) is 2.86. The number of methoxy groups -OCH3 is 1. The van der Waals surface area contributed by atoms with Crippen molar-refractivity contribution in [1.82, 2.24) is 14.7 Å². The SMILES string of the molecule is COC(=O)c1ccc(C=CC(=O)NCC(=O)N(C)c2ccc(Cl)c(COc3cccn4c(Br)c(C)nc34)c2Cl)cc1. The van der Waals surface area contributed by atoms with Gasteiger partial charge in [0.1, 0.15) is 11.2 Å². The number of hydrogen-bond donors (Lipinski definition) is 1. The third-order valence-electron chi connectivity index (χ3n) is 6.16. The lowest BCUT2D eigenvalue weighted by molar-refractivity contribution is -0.122. The lowest BCUT2D eigenvalue weighted by Crippen LogP contribution is -2.37. The smallest absolute Gasteiger partial charge is 0.337 e. The molecule has 0 aliphatic rings. The fourth-order valence-electron chi connectivity index (χ4n) is 3.86. The van der Waals surface area contributed by atoms with E-state index >= 15 is 0 Å². The standard InChI is InChI=1S/C29H25BrCl2N4O5/c1-17-27(30)36-14-4-5-23(28(36)34-17)41-16-20-21(31)11-12-22(26(20)32)35(2)25(38)15-33-24(37)13-8-18-6-9-19(10-7-18)29(39)40-3/h4-14H,15-16H2,1-3H3,(H,33,37). The van der Waals surface area contributed by atoms with Gasteiger partial charge in [-0.2, -0.15) is 0 Å². The lowest BCUT2D eigenvalue weighted by Gasteiger charge is -2.21. The summed E-state index contributed by atoms with van der Waals surface area (Å²) in [6, 6.07) is 13.4. The first kappa shape index (κ1) is 30.1. The highest BCUT2D eigenvalue weighted by atomic mass is 79.9. The van der Waals surface area contributed by atoms with E-state index in [2.05, 4.69) is 31.0 Å². The number of esters is 1. The van der Waals surface area contributed by atoms with Crippen molar-refractivity contribution >= 4 is 74.3 Å². The van der Waals surface area contributed by atoms with Crippen molar-refractivity contribution in [2.24, 2.45) is 0 Å². The van der Waals surface area contributed by atoms with Gasteiger partial charge in [0.2, 0.25) is 11.8 Å². The minimum absolute atomic E-state index is 0.0406. The van der Waals surface area contributed by atoms with Gasteiger partial charge < -0.3 is 19.7 Å². The molecule has 0 aliphatic heterocycles. The summed E-state index contributed by atoms with van der Waals surface area (Å²) in [5.74, 6) is -0.766. The summed E-state index contributed by atoms with van der Waals surface area (Å²) in [6.07, 6.45) is 4.73. The maximum absolute atomic E-state index is 12.9. The number of likely N-dealkylation sites (N-methyl/N-ethyl adjacent to an activating group) is 1. The molecule has 4 aromatic rings. The number of imidazole rings is 1. The van der Waals surface area contributed by atoms with E-state index in [1.54, 1.807) is 55.6 Å². The maximum Gasteiger partial charge on any atom is 0.337 e. The molecule has 212 valence electrons. The predicted octanol–water partition coefficient (Wildman–Crippen LogP) is 5.87. The number of nitrogens with zero attached hydrogens (tertiary/aromatic N) is 3. The number of carbonyl (C=O) groups excluding carboxylic acids is 3. The van der Waals surface area contributed by atoms with Crippen LogP contribution in [-0.4, -0.2) is 47.9 Å². The van der Waals surface area contributed by atoms with Gasteiger partial charge in [0, 0.05) is 29.9 Å². The van der Waals surface area contributed by atoms with Crippen LogP contribution in [0.1, 0.15) is 27.2 Å². The van der Waals surface area contributed by atoms with Gasteiger partial charge >= 0.3 is 5.97 Å². The van der Waals surface area contributed by atoms with E-state index < -0.39 is 17.8 Å². The Morgan fingerprint density at radius 1 is 1.12 bits per heavy atom. The molecule has 2 aromatic carbocycles. The molecule has 41 heavy (non-hydrogen) atoms. The van der Waals surface area contributed by atoms with E-state index in [9.17, 15) is 14.4 Å². The molecule has 2 heterocycles. The molecule has 0 saturated carbocycles. The zero-order valence-corrected chi connectivity index (χ0v) is 25.4. The number of aromatic nitrogens is 2. The first-order chi connectivity index (χ1) is 19.6. The van der Waals surface area contributed by atoms with Gasteiger partial charge in [-0.15, -0.1) is 0 Å². The molecule has 2 amide bonds. The van der Waals surface area contributed by atoms with E-state index in [0.717, 1.165) is 10.3 Å². The minimum atomic E-state index is -0.463. The van der Waals surface area contributed by atoms with Crippen LogP contribution in [0.2, 0.25) is 10.0 Å². The Kier molecular flexibility index (Phi) is 9.69. The highest BCUT2D eigenvalue weighted by Gasteiger charge is 2.20. The summed E-state index contributed by atoms with van der Waals surface area (Å²) in [5.41, 5.74) is 3.46. The number of fused-ring (bicyclic) bond motifs is 1. The molecule has 12 heteroatoms. The van der Waals surface area contributed by atoms with E-state index in [1.165, 1.54) is 18.1 Å². The van der Waals surface area contributed by atoms with Gasteiger partial charge in [0.25, 0.3) is 0 Å². The highest BCUT2D eigenvalue weighted by molar-refractivity contribution is 9.10. The Morgan fingerprint density at radius 2 is 1.85 bits per heavy atom. The molecule has 1 N–H and O–H groups in total. The average Bonchev–Trinajstić information content (AvgIpc) is 3.27. The van der Waals surface area contributed by atoms with Crippen LogP contribution in [0.25, 0.3) is 11.7 Å². The Morgan fingerprint density at radius 3 is 2.56 bits per heavy atom. The Hall–Kier alpha value is -3.86. The lowest BCUT2D eigenvalue weighted by atomic mass is 10.1. The summed E-state index contributed by atoms with van der Waals surface area (Å²) >= 11 is 16.6. The van der Waals surface area contributed by atoms with Gasteiger partial charge in [-0.05, 0) is 70.9 Å². The highest BCUT2D eigenvalue weighted by Crippen LogP contribution is 2.35. The largest absolute Gasteiger partial charge is 0.485 e. The first-order valence-electron chi connectivity index (χ1n) is 12.2. The molecule has 9 nitrogen and oxygen atoms in total. The van der Waals surface area contributed by atoms with Gasteiger partial charge in [0.15, 0.2) is 11.4 Å². The molecule has 0 aliphatic carbocycles. The molecule has 0 fully saturated rings. The van der Waals surface area contributed by atoms with Crippen LogP contribution in [-0.2, 0) is 20.9 Å². The van der Waals surface area contributed by atoms with Crippen molar-refractivity contribution in [3.63, 3.8) is 0 Å². The van der Waals surface area contributed by atoms with Crippen molar-refractivity contribution < 1.29 is 23.9 Å². The molecule has 4 rings (SSSR count). The molecule has 2 aromatic heterocycles. The van der Waals surface area contributed by atoms with Crippen LogP contribution in [0.4, 0.5) is 5.69 Å². The molecule has 0 unspecified atom stereocenters. The number of nitrogens with one attached hydrogen (secondary N) is 1. The predicted molar refractivity (Wildman–Crippen MR) is 162 cm³/mol. The van der Waals surface area contributed by atoms with Crippen LogP contribution >= 0.6 is 39.1 Å². The quantitative estimate of drug-likeness (QED) is 0.178. The zero-order chi connectivity index (χ0) is 29.7. The second kappa shape index (κ2) is 13.2. The van der Waals surface area contributed by atoms with Gasteiger partial charge in [-0.25, -0.2) is 9.78 Å². The maximum atomic E-state index is 12.9. The number of hydrogen-bond acceptors (Lipinski definition) is 6. The number of benzene rings is 2. The normalized spacial score (nSPS) is 11.1. The summed E-state index contributed by atoms with van der Waals surface area (Å²) in [5, 5.41) is 3.19. The van der Waals surface area contributed by atoms with Gasteiger partial charge in [0.05, 0.1) is 35.6 Å². The Balaban J connectivity index is 1.39. The number of rotatable bonds is 9. The molecular formula is C29H25BrCl2N4O5. The number of amides is 2. The third-order valence-corrected chi connectivity index (χ3v) is 7.89. The topological polar surface area (TPSA) is 102 Å². The Bertz CT molecular complexity index is 1650. The number of pyridine rings is 1. The van der Waals surface area contributed by atoms with Crippen LogP contribution in [0.15, 0.2) is 65.4 Å². The van der Waals surface area contributed by atoms with E-state index in [1.807, 2.05) is 23.6 Å². The fraction of sp³-hybridized carbons (Fsp3) is 0.172. The first-order valence-corrected chi connectivity index (χ1v) is 13.8. The van der Waals surface area contributed by atoms with E-state index in [4.69, 9.17) is 27.9 Å². The van der Waals surface area contributed by atoms with Crippen LogP contribution < -0.4 is 15.0 Å². The molecule has 0 atom stereocenters. The van der Waals surface area contributed by atoms with E-state index in [0.29, 0.717) is 38.8 Å². The van der Waals surface area contributed by atoms with E-state index in [-0.39, 0.29) is 18.2 Å². The van der Waals surface area contributed by atoms with Crippen LogP contribution in [0, 0.1) is 6.92 Å². The summed E-state index contributed by atoms with van der Waals surface area (Å²) in [6.45, 7) is 1.66. The molecular weight excluding hydrogens is 635 g/mol. The number of anilines is 1. The van der Waals surface area contributed by atoms with Crippen molar-refractivity contribution in [1.29, 1.82) is 0 Å². The molecule has 0 saturated heterocycles. The summed E-state index contributed by atoms with van der Waals surface area (Å²) in [4.78, 5) is 42.6. The molecule has 0 bridgehead atoms. The van der Waals surface area contributed by atoms with Crippen molar-refractivity contribution in [3.8, 4) is 5.75 Å². The molecule has 0 radical (unpaired) electrons. The monoisotopic (exact) mass is 658 g/mol. The average molecular weight is 660 g/mol. The number of ether oxygens (including phenoxy) is 2. The minimum Gasteiger partial charge on any atom is -0.485 e. The summed E-state index contributed by atoms with van der Waals surface area (Å²) < 4.78 is 13.4. The van der Waals surface area contributed by atoms with Crippen LogP contribution in [0.5, 0.6) is 5.75 Å². The van der Waals surface area contributed by atoms with Gasteiger partial charge in [-0.3, -0.25) is 14.0 Å². The van der Waals surface area contributed by atoms with Crippen molar-refractivity contribution in [3.05, 3.63) is 97.8 Å².